The zero-order valence-electron chi connectivity index (χ0n) is 17.4. The summed E-state index contributed by atoms with van der Waals surface area (Å²) in [7, 11) is 2.08. The summed E-state index contributed by atoms with van der Waals surface area (Å²) in [5.41, 5.74) is 1.55. The fraction of sp³-hybridized carbons (Fsp3) is 0.522. The van der Waals surface area contributed by atoms with E-state index in [0.29, 0.717) is 11.7 Å². The number of benzene rings is 1. The van der Waals surface area contributed by atoms with Gasteiger partial charge in [-0.3, -0.25) is 4.98 Å². The minimum atomic E-state index is -1.13. The third-order valence-electron chi connectivity index (χ3n) is 5.61. The van der Waals surface area contributed by atoms with Crippen molar-refractivity contribution in [3.8, 4) is 5.75 Å². The third kappa shape index (κ3) is 3.61. The molecule has 1 fully saturated rings. The van der Waals surface area contributed by atoms with Crippen molar-refractivity contribution in [2.45, 2.75) is 52.2 Å². The monoisotopic (exact) mass is 368 g/mol. The summed E-state index contributed by atoms with van der Waals surface area (Å²) in [6.45, 7) is 12.1. The predicted octanol–water partition coefficient (Wildman–Crippen LogP) is 4.18. The molecule has 1 aliphatic heterocycles. The Bertz CT molecular complexity index is 779. The highest BCUT2D eigenvalue weighted by Crippen LogP contribution is 2.50. The number of aliphatic hydroxyl groups is 1. The van der Waals surface area contributed by atoms with Crippen LogP contribution in [-0.2, 0) is 5.60 Å². The number of hydrogen-bond donors (Lipinski definition) is 1. The van der Waals surface area contributed by atoms with Crippen molar-refractivity contribution in [3.05, 3.63) is 59.4 Å². The average Bonchev–Trinajstić information content (AvgIpc) is 2.59. The molecular formula is C23H32N2O2. The number of hydrogen-bond acceptors (Lipinski definition) is 4. The van der Waals surface area contributed by atoms with Gasteiger partial charge in [0, 0.05) is 30.3 Å². The maximum Gasteiger partial charge on any atom is 0.138 e. The largest absolute Gasteiger partial charge is 0.489 e. The Labute approximate surface area is 163 Å². The Balaban J connectivity index is 2.09. The molecule has 1 unspecified atom stereocenters. The summed E-state index contributed by atoms with van der Waals surface area (Å²) in [6.07, 6.45) is 3.54. The number of ether oxygens (including phenoxy) is 1. The van der Waals surface area contributed by atoms with Gasteiger partial charge in [0.25, 0.3) is 0 Å². The van der Waals surface area contributed by atoms with Crippen LogP contribution in [0.25, 0.3) is 0 Å². The highest BCUT2D eigenvalue weighted by atomic mass is 16.5. The summed E-state index contributed by atoms with van der Waals surface area (Å²) < 4.78 is 5.84. The van der Waals surface area contributed by atoms with Gasteiger partial charge in [-0.2, -0.15) is 0 Å². The highest BCUT2D eigenvalue weighted by molar-refractivity contribution is 5.42. The van der Waals surface area contributed by atoms with Crippen LogP contribution in [-0.4, -0.2) is 41.2 Å². The molecule has 0 spiro atoms. The van der Waals surface area contributed by atoms with Crippen LogP contribution >= 0.6 is 0 Å². The Morgan fingerprint density at radius 3 is 2.22 bits per heavy atom. The Morgan fingerprint density at radius 1 is 1.07 bits per heavy atom. The van der Waals surface area contributed by atoms with Crippen LogP contribution in [0.2, 0.25) is 0 Å². The highest BCUT2D eigenvalue weighted by Gasteiger charge is 2.55. The lowest BCUT2D eigenvalue weighted by Gasteiger charge is -2.55. The molecular weight excluding hydrogens is 336 g/mol. The van der Waals surface area contributed by atoms with Crippen molar-refractivity contribution in [3.63, 3.8) is 0 Å². The van der Waals surface area contributed by atoms with Crippen molar-refractivity contribution in [2.24, 2.45) is 5.41 Å². The third-order valence-corrected chi connectivity index (χ3v) is 5.61. The van der Waals surface area contributed by atoms with Crippen LogP contribution in [0.15, 0.2) is 42.7 Å². The minimum absolute atomic E-state index is 0.0610. The van der Waals surface area contributed by atoms with Gasteiger partial charge in [-0.1, -0.05) is 45.0 Å². The summed E-state index contributed by atoms with van der Waals surface area (Å²) >= 11 is 0. The van der Waals surface area contributed by atoms with E-state index in [-0.39, 0.29) is 11.5 Å². The molecule has 1 aromatic carbocycles. The zero-order valence-corrected chi connectivity index (χ0v) is 17.4. The van der Waals surface area contributed by atoms with E-state index in [0.717, 1.165) is 24.2 Å². The maximum atomic E-state index is 12.1. The molecule has 0 amide bonds. The Kier molecular flexibility index (Phi) is 5.33. The SMILES string of the molecule is CC(C)Oc1cncc(C(O)(c2ccc(C(C)C)cc2)C2(C)CN(C)C2)c1. The molecule has 1 aromatic heterocycles. The van der Waals surface area contributed by atoms with Crippen LogP contribution in [0.5, 0.6) is 5.75 Å². The van der Waals surface area contributed by atoms with Crippen molar-refractivity contribution < 1.29 is 9.84 Å². The number of aromatic nitrogens is 1. The molecule has 4 nitrogen and oxygen atoms in total. The van der Waals surface area contributed by atoms with Gasteiger partial charge in [0.15, 0.2) is 0 Å². The summed E-state index contributed by atoms with van der Waals surface area (Å²) in [4.78, 5) is 6.60. The molecule has 2 heterocycles. The fourth-order valence-corrected chi connectivity index (χ4v) is 4.30. The zero-order chi connectivity index (χ0) is 19.8. The number of rotatable bonds is 6. The van der Waals surface area contributed by atoms with E-state index in [1.54, 1.807) is 12.4 Å². The van der Waals surface area contributed by atoms with Gasteiger partial charge in [0.1, 0.15) is 11.4 Å². The quantitative estimate of drug-likeness (QED) is 0.831. The van der Waals surface area contributed by atoms with Crippen molar-refractivity contribution in [1.82, 2.24) is 9.88 Å². The van der Waals surface area contributed by atoms with Gasteiger partial charge in [0.05, 0.1) is 12.3 Å². The molecule has 0 saturated carbocycles. The molecule has 0 bridgehead atoms. The van der Waals surface area contributed by atoms with Gasteiger partial charge >= 0.3 is 0 Å². The number of nitrogens with zero attached hydrogens (tertiary/aromatic N) is 2. The first-order valence-corrected chi connectivity index (χ1v) is 9.79. The van der Waals surface area contributed by atoms with E-state index in [9.17, 15) is 5.11 Å². The first-order chi connectivity index (χ1) is 12.7. The van der Waals surface area contributed by atoms with Gasteiger partial charge in [-0.05, 0) is 44.0 Å². The normalized spacial score (nSPS) is 19.0. The van der Waals surface area contributed by atoms with E-state index >= 15 is 0 Å². The van der Waals surface area contributed by atoms with E-state index in [1.807, 2.05) is 19.9 Å². The van der Waals surface area contributed by atoms with E-state index in [1.165, 1.54) is 5.56 Å². The lowest BCUT2D eigenvalue weighted by molar-refractivity contribution is -0.127. The molecule has 0 radical (unpaired) electrons. The first-order valence-electron chi connectivity index (χ1n) is 9.79. The first kappa shape index (κ1) is 19.8. The van der Waals surface area contributed by atoms with Crippen LogP contribution in [0, 0.1) is 5.41 Å². The Morgan fingerprint density at radius 2 is 1.70 bits per heavy atom. The molecule has 146 valence electrons. The summed E-state index contributed by atoms with van der Waals surface area (Å²) in [5.74, 6) is 1.15. The standard InChI is InChI=1S/C23H32N2O2/c1-16(2)18-7-9-19(10-8-18)23(26,22(5)14-25(6)15-22)20-11-21(13-24-12-20)27-17(3)4/h7-13,16-17,26H,14-15H2,1-6H3. The second-order valence-corrected chi connectivity index (χ2v) is 8.80. The fourth-order valence-electron chi connectivity index (χ4n) is 4.30. The van der Waals surface area contributed by atoms with Crippen LogP contribution in [0.4, 0.5) is 0 Å². The van der Waals surface area contributed by atoms with Gasteiger partial charge in [-0.15, -0.1) is 0 Å². The van der Waals surface area contributed by atoms with Crippen LogP contribution in [0.1, 0.15) is 57.2 Å². The molecule has 1 aliphatic rings. The molecule has 3 rings (SSSR count). The summed E-state index contributed by atoms with van der Waals surface area (Å²) in [5, 5.41) is 12.1. The van der Waals surface area contributed by atoms with E-state index < -0.39 is 5.60 Å². The molecule has 0 aliphatic carbocycles. The molecule has 4 heteroatoms. The van der Waals surface area contributed by atoms with Gasteiger partial charge in [0.2, 0.25) is 0 Å². The van der Waals surface area contributed by atoms with Gasteiger partial charge < -0.3 is 14.7 Å². The minimum Gasteiger partial charge on any atom is -0.489 e. The van der Waals surface area contributed by atoms with E-state index in [2.05, 4.69) is 62.0 Å². The second kappa shape index (κ2) is 7.25. The van der Waals surface area contributed by atoms with Gasteiger partial charge in [-0.25, -0.2) is 0 Å². The predicted molar refractivity (Wildman–Crippen MR) is 109 cm³/mol. The smallest absolute Gasteiger partial charge is 0.138 e. The molecule has 1 atom stereocenters. The molecule has 1 N–H and O–H groups in total. The number of pyridine rings is 1. The summed E-state index contributed by atoms with van der Waals surface area (Å²) in [6, 6.07) is 10.3. The second-order valence-electron chi connectivity index (χ2n) is 8.80. The average molecular weight is 369 g/mol. The van der Waals surface area contributed by atoms with Crippen LogP contribution < -0.4 is 4.74 Å². The van der Waals surface area contributed by atoms with E-state index in [4.69, 9.17) is 4.74 Å². The lowest BCUT2D eigenvalue weighted by Crippen LogP contribution is -2.63. The molecule has 2 aromatic rings. The lowest BCUT2D eigenvalue weighted by atomic mass is 9.62. The molecule has 27 heavy (non-hydrogen) atoms. The van der Waals surface area contributed by atoms with Crippen molar-refractivity contribution >= 4 is 0 Å². The number of likely N-dealkylation sites (tertiary alicyclic amines) is 1. The van der Waals surface area contributed by atoms with Crippen LogP contribution in [0.3, 0.4) is 0 Å². The van der Waals surface area contributed by atoms with Crippen molar-refractivity contribution in [1.29, 1.82) is 0 Å². The topological polar surface area (TPSA) is 45.6 Å². The molecule has 1 saturated heterocycles. The Hall–Kier alpha value is -1.91. The maximum absolute atomic E-state index is 12.1. The van der Waals surface area contributed by atoms with Crippen molar-refractivity contribution in [2.75, 3.05) is 20.1 Å².